The predicted octanol–water partition coefficient (Wildman–Crippen LogP) is 4.19. The Morgan fingerprint density at radius 3 is 2.65 bits per heavy atom. The van der Waals surface area contributed by atoms with Crippen LogP contribution < -0.4 is 10.2 Å². The van der Waals surface area contributed by atoms with Gasteiger partial charge in [-0.05, 0) is 62.4 Å². The molecule has 1 aliphatic heterocycles. The summed E-state index contributed by atoms with van der Waals surface area (Å²) in [5.41, 5.74) is 5.05. The number of nitrogens with zero attached hydrogens (tertiary/aromatic N) is 3. The third-order valence-corrected chi connectivity index (χ3v) is 6.06. The Morgan fingerprint density at radius 1 is 1.06 bits per heavy atom. The number of aryl methyl sites for hydroxylation is 1. The van der Waals surface area contributed by atoms with Crippen LogP contribution in [0, 0.1) is 12.7 Å². The number of carbonyl (C=O) groups excluding carboxylic acids is 2. The van der Waals surface area contributed by atoms with Crippen LogP contribution in [0.15, 0.2) is 42.5 Å². The van der Waals surface area contributed by atoms with Crippen molar-refractivity contribution in [2.24, 2.45) is 0 Å². The van der Waals surface area contributed by atoms with Gasteiger partial charge in [0, 0.05) is 29.9 Å². The molecule has 6 nitrogen and oxygen atoms in total. The summed E-state index contributed by atoms with van der Waals surface area (Å²) in [6, 6.07) is 12.4. The molecule has 7 heteroatoms. The van der Waals surface area contributed by atoms with Crippen molar-refractivity contribution in [2.75, 3.05) is 16.8 Å². The maximum atomic E-state index is 14.7. The van der Waals surface area contributed by atoms with Crippen LogP contribution in [-0.4, -0.2) is 28.1 Å². The van der Waals surface area contributed by atoms with E-state index >= 15 is 0 Å². The van der Waals surface area contributed by atoms with Crippen LogP contribution in [-0.2, 0) is 17.6 Å². The molecule has 2 heterocycles. The van der Waals surface area contributed by atoms with Crippen LogP contribution >= 0.6 is 0 Å². The second-order valence-electron chi connectivity index (χ2n) is 8.09. The zero-order valence-electron chi connectivity index (χ0n) is 17.3. The lowest BCUT2D eigenvalue weighted by atomic mass is 10.1. The molecule has 0 unspecified atom stereocenters. The van der Waals surface area contributed by atoms with Crippen molar-refractivity contribution in [1.29, 1.82) is 0 Å². The van der Waals surface area contributed by atoms with Gasteiger partial charge in [-0.2, -0.15) is 5.10 Å². The fourth-order valence-electron chi connectivity index (χ4n) is 4.52. The van der Waals surface area contributed by atoms with E-state index in [2.05, 4.69) is 10.4 Å². The van der Waals surface area contributed by atoms with E-state index < -0.39 is 5.82 Å². The van der Waals surface area contributed by atoms with Crippen molar-refractivity contribution >= 4 is 23.2 Å². The lowest BCUT2D eigenvalue weighted by Gasteiger charge is -2.17. The summed E-state index contributed by atoms with van der Waals surface area (Å²) in [6.07, 6.45) is 3.82. The minimum atomic E-state index is -0.524. The molecule has 5 rings (SSSR count). The highest BCUT2D eigenvalue weighted by Gasteiger charge is 2.28. The van der Waals surface area contributed by atoms with Crippen LogP contribution in [0.1, 0.15) is 46.6 Å². The molecule has 2 aromatic carbocycles. The van der Waals surface area contributed by atoms with Crippen LogP contribution in [0.3, 0.4) is 0 Å². The number of para-hydroxylation sites is 1. The maximum Gasteiger partial charge on any atom is 0.276 e. The Kier molecular flexibility index (Phi) is 4.81. The first kappa shape index (κ1) is 19.5. The smallest absolute Gasteiger partial charge is 0.276 e. The van der Waals surface area contributed by atoms with E-state index in [9.17, 15) is 14.0 Å². The molecule has 0 bridgehead atoms. The molecule has 1 aromatic heterocycles. The summed E-state index contributed by atoms with van der Waals surface area (Å²) in [6.45, 7) is 2.54. The monoisotopic (exact) mass is 418 g/mol. The molecular weight excluding hydrogens is 395 g/mol. The van der Waals surface area contributed by atoms with E-state index in [0.717, 1.165) is 48.2 Å². The molecule has 0 radical (unpaired) electrons. The van der Waals surface area contributed by atoms with Gasteiger partial charge in [-0.3, -0.25) is 9.59 Å². The number of halogens is 1. The standard InChI is InChI=1S/C24H23FN4O2/c1-15-6-2-3-8-19(15)29-20-9-4-7-17(20)23(27-29)24(31)26-16-11-12-21(18(25)14-16)28-13-5-10-22(28)30/h2-3,6,8,11-12,14H,4-5,7,9-10,13H2,1H3,(H,26,31). The van der Waals surface area contributed by atoms with Crippen LogP contribution in [0.2, 0.25) is 0 Å². The first-order valence-corrected chi connectivity index (χ1v) is 10.6. The second-order valence-corrected chi connectivity index (χ2v) is 8.09. The van der Waals surface area contributed by atoms with Gasteiger partial charge in [0.15, 0.2) is 5.69 Å². The Morgan fingerprint density at radius 2 is 1.90 bits per heavy atom. The zero-order valence-corrected chi connectivity index (χ0v) is 17.3. The van der Waals surface area contributed by atoms with Crippen molar-refractivity contribution in [3.05, 3.63) is 70.8 Å². The Bertz CT molecular complexity index is 1200. The molecule has 1 saturated heterocycles. The molecule has 1 fully saturated rings. The van der Waals surface area contributed by atoms with Crippen molar-refractivity contribution in [3.63, 3.8) is 0 Å². The number of rotatable bonds is 4. The molecule has 2 aliphatic rings. The van der Waals surface area contributed by atoms with Gasteiger partial charge < -0.3 is 10.2 Å². The summed E-state index contributed by atoms with van der Waals surface area (Å²) >= 11 is 0. The van der Waals surface area contributed by atoms with Gasteiger partial charge in [-0.15, -0.1) is 0 Å². The van der Waals surface area contributed by atoms with Crippen LogP contribution in [0.4, 0.5) is 15.8 Å². The maximum absolute atomic E-state index is 14.7. The lowest BCUT2D eigenvalue weighted by Crippen LogP contribution is -2.24. The molecule has 0 spiro atoms. The highest BCUT2D eigenvalue weighted by molar-refractivity contribution is 6.04. The highest BCUT2D eigenvalue weighted by Crippen LogP contribution is 2.30. The summed E-state index contributed by atoms with van der Waals surface area (Å²) in [5.74, 6) is -0.952. The van der Waals surface area contributed by atoms with Crippen LogP contribution in [0.5, 0.6) is 0 Å². The van der Waals surface area contributed by atoms with Gasteiger partial charge in [0.1, 0.15) is 5.82 Å². The SMILES string of the molecule is Cc1ccccc1-n1nc(C(=O)Nc2ccc(N3CCCC3=O)c(F)c2)c2c1CCC2. The zero-order chi connectivity index (χ0) is 21.5. The fraction of sp³-hybridized carbons (Fsp3) is 0.292. The number of hydrogen-bond acceptors (Lipinski definition) is 3. The number of anilines is 2. The van der Waals surface area contributed by atoms with E-state index in [-0.39, 0.29) is 17.5 Å². The van der Waals surface area contributed by atoms with Crippen molar-refractivity contribution in [1.82, 2.24) is 9.78 Å². The van der Waals surface area contributed by atoms with E-state index in [4.69, 9.17) is 0 Å². The number of benzene rings is 2. The highest BCUT2D eigenvalue weighted by atomic mass is 19.1. The Hall–Kier alpha value is -3.48. The number of hydrogen-bond donors (Lipinski definition) is 1. The summed E-state index contributed by atoms with van der Waals surface area (Å²) in [4.78, 5) is 26.4. The number of fused-ring (bicyclic) bond motifs is 1. The van der Waals surface area contributed by atoms with Gasteiger partial charge in [0.25, 0.3) is 5.91 Å². The summed E-state index contributed by atoms with van der Waals surface area (Å²) in [7, 11) is 0. The minimum Gasteiger partial charge on any atom is -0.320 e. The number of aromatic nitrogens is 2. The lowest BCUT2D eigenvalue weighted by molar-refractivity contribution is -0.117. The molecule has 1 N–H and O–H groups in total. The normalized spacial score (nSPS) is 15.4. The average Bonchev–Trinajstić information content (AvgIpc) is 3.46. The first-order valence-electron chi connectivity index (χ1n) is 10.6. The summed E-state index contributed by atoms with van der Waals surface area (Å²) < 4.78 is 16.5. The molecule has 0 saturated carbocycles. The van der Waals surface area contributed by atoms with Gasteiger partial charge >= 0.3 is 0 Å². The summed E-state index contributed by atoms with van der Waals surface area (Å²) in [5, 5.41) is 7.41. The third kappa shape index (κ3) is 3.40. The largest absolute Gasteiger partial charge is 0.320 e. The van der Waals surface area contributed by atoms with E-state index in [1.165, 1.54) is 11.0 Å². The third-order valence-electron chi connectivity index (χ3n) is 6.06. The first-order chi connectivity index (χ1) is 15.0. The van der Waals surface area contributed by atoms with Gasteiger partial charge in [0.2, 0.25) is 5.91 Å². The topological polar surface area (TPSA) is 67.2 Å². The Balaban J connectivity index is 1.43. The molecule has 31 heavy (non-hydrogen) atoms. The minimum absolute atomic E-state index is 0.0759. The van der Waals surface area contributed by atoms with E-state index in [1.807, 2.05) is 35.9 Å². The van der Waals surface area contributed by atoms with Crippen molar-refractivity contribution in [2.45, 2.75) is 39.0 Å². The molecule has 3 aromatic rings. The molecule has 0 atom stereocenters. The Labute approximate surface area is 179 Å². The quantitative estimate of drug-likeness (QED) is 0.691. The molecule has 158 valence electrons. The van der Waals surface area contributed by atoms with Crippen molar-refractivity contribution in [3.8, 4) is 5.69 Å². The molecule has 1 aliphatic carbocycles. The van der Waals surface area contributed by atoms with Gasteiger partial charge in [0.05, 0.1) is 11.4 Å². The van der Waals surface area contributed by atoms with E-state index in [1.54, 1.807) is 12.1 Å². The van der Waals surface area contributed by atoms with E-state index in [0.29, 0.717) is 24.3 Å². The average molecular weight is 418 g/mol. The van der Waals surface area contributed by atoms with Crippen LogP contribution in [0.25, 0.3) is 5.69 Å². The molecular formula is C24H23FN4O2. The number of amides is 2. The van der Waals surface area contributed by atoms with Gasteiger partial charge in [-0.1, -0.05) is 18.2 Å². The second kappa shape index (κ2) is 7.65. The number of carbonyl (C=O) groups is 2. The fourth-order valence-corrected chi connectivity index (χ4v) is 4.52. The number of nitrogens with one attached hydrogen (secondary N) is 1. The van der Waals surface area contributed by atoms with Gasteiger partial charge in [-0.25, -0.2) is 9.07 Å². The predicted molar refractivity (Wildman–Crippen MR) is 116 cm³/mol. The molecule has 2 amide bonds. The van der Waals surface area contributed by atoms with Crippen molar-refractivity contribution < 1.29 is 14.0 Å².